The molecule has 0 radical (unpaired) electrons. The maximum atomic E-state index is 3.39. The van der Waals surface area contributed by atoms with E-state index in [1.165, 1.54) is 22.0 Å². The molecule has 0 fully saturated rings. The van der Waals surface area contributed by atoms with Gasteiger partial charge < -0.3 is 5.32 Å². The Morgan fingerprint density at radius 3 is 2.50 bits per heavy atom. The second-order valence-corrected chi connectivity index (χ2v) is 3.51. The Labute approximate surface area is 84.8 Å². The number of anilines is 1. The monoisotopic (exact) mass is 185 g/mol. The quantitative estimate of drug-likeness (QED) is 0.754. The number of nitrogens with one attached hydrogen (secondary N) is 1. The standard InChI is InChI=1S/C13H15N/c1-3-14-12-9-5-8-11-7-4-6-10(2)13(11)12/h4-9,14H,3H2,1-2H3. The van der Waals surface area contributed by atoms with Crippen LogP contribution in [0.3, 0.4) is 0 Å². The summed E-state index contributed by atoms with van der Waals surface area (Å²) in [5.41, 5.74) is 2.57. The van der Waals surface area contributed by atoms with Crippen LogP contribution in [-0.2, 0) is 0 Å². The summed E-state index contributed by atoms with van der Waals surface area (Å²) in [5, 5.41) is 6.04. The normalized spacial score (nSPS) is 10.4. The van der Waals surface area contributed by atoms with Gasteiger partial charge in [0, 0.05) is 17.6 Å². The van der Waals surface area contributed by atoms with Gasteiger partial charge in [0.15, 0.2) is 0 Å². The van der Waals surface area contributed by atoms with Crippen molar-refractivity contribution in [1.29, 1.82) is 0 Å². The van der Waals surface area contributed by atoms with Crippen LogP contribution in [0.2, 0.25) is 0 Å². The lowest BCUT2D eigenvalue weighted by atomic mass is 10.0. The summed E-state index contributed by atoms with van der Waals surface area (Å²) >= 11 is 0. The van der Waals surface area contributed by atoms with E-state index in [4.69, 9.17) is 0 Å². The van der Waals surface area contributed by atoms with Crippen LogP contribution >= 0.6 is 0 Å². The van der Waals surface area contributed by atoms with Gasteiger partial charge in [0.25, 0.3) is 0 Å². The summed E-state index contributed by atoms with van der Waals surface area (Å²) in [5.74, 6) is 0. The fourth-order valence-corrected chi connectivity index (χ4v) is 1.87. The topological polar surface area (TPSA) is 12.0 Å². The number of hydrogen-bond acceptors (Lipinski definition) is 1. The van der Waals surface area contributed by atoms with Crippen LogP contribution in [0.4, 0.5) is 5.69 Å². The second kappa shape index (κ2) is 3.70. The van der Waals surface area contributed by atoms with Gasteiger partial charge in [0.05, 0.1) is 0 Å². The van der Waals surface area contributed by atoms with E-state index in [0.717, 1.165) is 6.54 Å². The van der Waals surface area contributed by atoms with E-state index in [1.54, 1.807) is 0 Å². The van der Waals surface area contributed by atoms with Crippen molar-refractivity contribution in [1.82, 2.24) is 0 Å². The molecule has 0 heterocycles. The summed E-state index contributed by atoms with van der Waals surface area (Å²) in [6.45, 7) is 5.24. The van der Waals surface area contributed by atoms with Crippen molar-refractivity contribution in [3.63, 3.8) is 0 Å². The highest BCUT2D eigenvalue weighted by atomic mass is 14.9. The molecule has 0 saturated carbocycles. The predicted octanol–water partition coefficient (Wildman–Crippen LogP) is 3.58. The van der Waals surface area contributed by atoms with Crippen LogP contribution in [0.5, 0.6) is 0 Å². The first-order valence-corrected chi connectivity index (χ1v) is 5.05. The molecule has 0 spiro atoms. The SMILES string of the molecule is CCNc1cccc2cccc(C)c12. The second-order valence-electron chi connectivity index (χ2n) is 3.51. The van der Waals surface area contributed by atoms with Gasteiger partial charge >= 0.3 is 0 Å². The van der Waals surface area contributed by atoms with Gasteiger partial charge in [-0.2, -0.15) is 0 Å². The lowest BCUT2D eigenvalue weighted by molar-refractivity contribution is 1.22. The number of fused-ring (bicyclic) bond motifs is 1. The van der Waals surface area contributed by atoms with Crippen molar-refractivity contribution < 1.29 is 0 Å². The van der Waals surface area contributed by atoms with E-state index in [-0.39, 0.29) is 0 Å². The molecule has 0 aliphatic rings. The third kappa shape index (κ3) is 1.46. The first kappa shape index (κ1) is 9.07. The van der Waals surface area contributed by atoms with E-state index in [2.05, 4.69) is 55.6 Å². The molecule has 0 bridgehead atoms. The van der Waals surface area contributed by atoms with Crippen molar-refractivity contribution >= 4 is 16.5 Å². The lowest BCUT2D eigenvalue weighted by Crippen LogP contribution is -1.97. The van der Waals surface area contributed by atoms with Gasteiger partial charge in [-0.3, -0.25) is 0 Å². The van der Waals surface area contributed by atoms with E-state index in [0.29, 0.717) is 0 Å². The zero-order valence-corrected chi connectivity index (χ0v) is 8.67. The molecule has 0 aliphatic heterocycles. The first-order chi connectivity index (χ1) is 6.83. The van der Waals surface area contributed by atoms with Gasteiger partial charge in [-0.05, 0) is 30.9 Å². The molecule has 2 aromatic rings. The molecule has 0 atom stereocenters. The maximum Gasteiger partial charge on any atom is 0.0422 e. The van der Waals surface area contributed by atoms with E-state index in [1.807, 2.05) is 0 Å². The number of rotatable bonds is 2. The van der Waals surface area contributed by atoms with Gasteiger partial charge in [-0.15, -0.1) is 0 Å². The molecule has 0 unspecified atom stereocenters. The lowest BCUT2D eigenvalue weighted by Gasteiger charge is -2.09. The zero-order chi connectivity index (χ0) is 9.97. The molecule has 0 aromatic heterocycles. The van der Waals surface area contributed by atoms with Gasteiger partial charge in [-0.25, -0.2) is 0 Å². The van der Waals surface area contributed by atoms with E-state index >= 15 is 0 Å². The molecule has 1 N–H and O–H groups in total. The highest BCUT2D eigenvalue weighted by molar-refractivity contribution is 5.96. The summed E-state index contributed by atoms with van der Waals surface area (Å²) in [7, 11) is 0. The average Bonchev–Trinajstić information content (AvgIpc) is 2.19. The fourth-order valence-electron chi connectivity index (χ4n) is 1.87. The molecule has 2 rings (SSSR count). The van der Waals surface area contributed by atoms with Crippen molar-refractivity contribution in [2.75, 3.05) is 11.9 Å². The molecule has 14 heavy (non-hydrogen) atoms. The van der Waals surface area contributed by atoms with Gasteiger partial charge in [-0.1, -0.05) is 30.3 Å². The molecule has 0 amide bonds. The average molecular weight is 185 g/mol. The number of hydrogen-bond donors (Lipinski definition) is 1. The Kier molecular flexibility index (Phi) is 2.40. The Balaban J connectivity index is 2.71. The Morgan fingerprint density at radius 2 is 1.79 bits per heavy atom. The highest BCUT2D eigenvalue weighted by Crippen LogP contribution is 2.26. The summed E-state index contributed by atoms with van der Waals surface area (Å²) in [6, 6.07) is 12.8. The molecule has 1 heteroatoms. The van der Waals surface area contributed by atoms with Gasteiger partial charge in [0.1, 0.15) is 0 Å². The molecular weight excluding hydrogens is 170 g/mol. The summed E-state index contributed by atoms with van der Waals surface area (Å²) in [4.78, 5) is 0. The first-order valence-electron chi connectivity index (χ1n) is 5.05. The van der Waals surface area contributed by atoms with Crippen molar-refractivity contribution in [2.45, 2.75) is 13.8 Å². The van der Waals surface area contributed by atoms with E-state index < -0.39 is 0 Å². The van der Waals surface area contributed by atoms with Crippen LogP contribution in [0.15, 0.2) is 36.4 Å². The molecule has 1 nitrogen and oxygen atoms in total. The Morgan fingerprint density at radius 1 is 1.07 bits per heavy atom. The van der Waals surface area contributed by atoms with Crippen LogP contribution < -0.4 is 5.32 Å². The third-order valence-electron chi connectivity index (χ3n) is 2.48. The van der Waals surface area contributed by atoms with Crippen LogP contribution in [0, 0.1) is 6.92 Å². The van der Waals surface area contributed by atoms with Crippen molar-refractivity contribution in [3.8, 4) is 0 Å². The van der Waals surface area contributed by atoms with Crippen LogP contribution in [-0.4, -0.2) is 6.54 Å². The van der Waals surface area contributed by atoms with Crippen LogP contribution in [0.25, 0.3) is 10.8 Å². The predicted molar refractivity (Wildman–Crippen MR) is 62.8 cm³/mol. The number of benzene rings is 2. The summed E-state index contributed by atoms with van der Waals surface area (Å²) < 4.78 is 0. The third-order valence-corrected chi connectivity index (χ3v) is 2.48. The maximum absolute atomic E-state index is 3.39. The van der Waals surface area contributed by atoms with Crippen molar-refractivity contribution in [3.05, 3.63) is 42.0 Å². The minimum absolute atomic E-state index is 0.966. The zero-order valence-electron chi connectivity index (χ0n) is 8.67. The van der Waals surface area contributed by atoms with E-state index in [9.17, 15) is 0 Å². The Bertz CT molecular complexity index is 441. The molecule has 0 saturated heterocycles. The minimum Gasteiger partial charge on any atom is -0.385 e. The number of aryl methyl sites for hydroxylation is 1. The smallest absolute Gasteiger partial charge is 0.0422 e. The fraction of sp³-hybridized carbons (Fsp3) is 0.231. The van der Waals surface area contributed by atoms with Crippen molar-refractivity contribution in [2.24, 2.45) is 0 Å². The summed E-state index contributed by atoms with van der Waals surface area (Å²) in [6.07, 6.45) is 0. The molecule has 72 valence electrons. The minimum atomic E-state index is 0.966. The Hall–Kier alpha value is -1.50. The molecule has 0 aliphatic carbocycles. The molecular formula is C13H15N. The largest absolute Gasteiger partial charge is 0.385 e. The van der Waals surface area contributed by atoms with Crippen LogP contribution in [0.1, 0.15) is 12.5 Å². The van der Waals surface area contributed by atoms with Gasteiger partial charge in [0.2, 0.25) is 0 Å². The molecule has 2 aromatic carbocycles. The highest BCUT2D eigenvalue weighted by Gasteiger charge is 2.01.